The number of rotatable bonds is 6. The second-order valence-electron chi connectivity index (χ2n) is 2.87. The van der Waals surface area contributed by atoms with Crippen LogP contribution in [0.5, 0.6) is 0 Å². The third kappa shape index (κ3) is 4.79. The summed E-state index contributed by atoms with van der Waals surface area (Å²) in [6, 6.07) is 4.28. The van der Waals surface area contributed by atoms with Crippen molar-refractivity contribution in [2.75, 3.05) is 13.2 Å². The lowest BCUT2D eigenvalue weighted by molar-refractivity contribution is 0.145. The van der Waals surface area contributed by atoms with Gasteiger partial charge in [0.1, 0.15) is 0 Å². The van der Waals surface area contributed by atoms with Gasteiger partial charge in [0.15, 0.2) is 0 Å². The monoisotopic (exact) mass is 262 g/mol. The minimum atomic E-state index is 0.553. The van der Waals surface area contributed by atoms with Crippen molar-refractivity contribution in [3.05, 3.63) is 22.4 Å². The van der Waals surface area contributed by atoms with Crippen LogP contribution in [0.25, 0.3) is 0 Å². The summed E-state index contributed by atoms with van der Waals surface area (Å²) in [6.07, 6.45) is 2.20. The number of ether oxygens (including phenoxy) is 1. The summed E-state index contributed by atoms with van der Waals surface area (Å²) < 4.78 is 5.30. The molecule has 0 aliphatic heterocycles. The molecule has 0 saturated carbocycles. The fourth-order valence-electron chi connectivity index (χ4n) is 1.10. The summed E-state index contributed by atoms with van der Waals surface area (Å²) in [6.45, 7) is 3.71. The fraction of sp³-hybridized carbons (Fsp3) is 0.600. The first-order chi connectivity index (χ1) is 6.33. The maximum atomic E-state index is 5.30. The van der Waals surface area contributed by atoms with Crippen molar-refractivity contribution in [1.82, 2.24) is 0 Å². The summed E-state index contributed by atoms with van der Waals surface area (Å²) in [5, 5.41) is 2.12. The van der Waals surface area contributed by atoms with Crippen molar-refractivity contribution in [2.45, 2.75) is 24.6 Å². The van der Waals surface area contributed by atoms with Gasteiger partial charge in [-0.25, -0.2) is 0 Å². The van der Waals surface area contributed by atoms with E-state index < -0.39 is 0 Å². The molecule has 0 bridgehead atoms. The van der Waals surface area contributed by atoms with E-state index in [1.54, 1.807) is 0 Å². The maximum Gasteiger partial charge on any atom is 0.0476 e. The van der Waals surface area contributed by atoms with Crippen LogP contribution in [0, 0.1) is 0 Å². The Bertz CT molecular complexity index is 211. The van der Waals surface area contributed by atoms with Crippen LogP contribution in [0.2, 0.25) is 0 Å². The van der Waals surface area contributed by atoms with E-state index in [1.165, 1.54) is 4.88 Å². The Balaban J connectivity index is 2.14. The van der Waals surface area contributed by atoms with E-state index in [0.717, 1.165) is 26.1 Å². The Hall–Kier alpha value is 0.140. The first-order valence-electron chi connectivity index (χ1n) is 4.57. The van der Waals surface area contributed by atoms with E-state index in [1.807, 2.05) is 18.3 Å². The van der Waals surface area contributed by atoms with Gasteiger partial charge in [-0.2, -0.15) is 0 Å². The second-order valence-corrected chi connectivity index (χ2v) is 5.19. The second kappa shape index (κ2) is 6.57. The summed E-state index contributed by atoms with van der Waals surface area (Å²) in [5.41, 5.74) is 0. The highest BCUT2D eigenvalue weighted by Gasteiger charge is 2.05. The number of alkyl halides is 1. The standard InChI is InChI=1S/C10H15BrOS/c1-2-12-6-5-9(11)8-10-4-3-7-13-10/h3-4,7,9H,2,5-6,8H2,1H3. The summed E-state index contributed by atoms with van der Waals surface area (Å²) >= 11 is 5.48. The molecule has 3 heteroatoms. The van der Waals surface area contributed by atoms with Crippen LogP contribution in [-0.2, 0) is 11.2 Å². The van der Waals surface area contributed by atoms with Gasteiger partial charge in [-0.05, 0) is 31.2 Å². The van der Waals surface area contributed by atoms with Crippen molar-refractivity contribution in [1.29, 1.82) is 0 Å². The lowest BCUT2D eigenvalue weighted by Gasteiger charge is -2.07. The third-order valence-corrected chi connectivity index (χ3v) is 3.46. The zero-order valence-corrected chi connectivity index (χ0v) is 10.2. The normalized spacial score (nSPS) is 13.1. The van der Waals surface area contributed by atoms with Gasteiger partial charge in [0.25, 0.3) is 0 Å². The van der Waals surface area contributed by atoms with Gasteiger partial charge in [0, 0.05) is 22.9 Å². The van der Waals surface area contributed by atoms with Crippen molar-refractivity contribution in [3.8, 4) is 0 Å². The molecular weight excluding hydrogens is 248 g/mol. The molecule has 0 fully saturated rings. The molecule has 0 N–H and O–H groups in total. The Labute approximate surface area is 92.2 Å². The minimum Gasteiger partial charge on any atom is -0.382 e. The van der Waals surface area contributed by atoms with Crippen LogP contribution in [0.1, 0.15) is 18.2 Å². The van der Waals surface area contributed by atoms with E-state index in [4.69, 9.17) is 4.74 Å². The van der Waals surface area contributed by atoms with Gasteiger partial charge < -0.3 is 4.74 Å². The minimum absolute atomic E-state index is 0.553. The van der Waals surface area contributed by atoms with Crippen LogP contribution < -0.4 is 0 Å². The van der Waals surface area contributed by atoms with E-state index in [9.17, 15) is 0 Å². The van der Waals surface area contributed by atoms with Crippen LogP contribution in [0.15, 0.2) is 17.5 Å². The zero-order valence-electron chi connectivity index (χ0n) is 7.83. The molecule has 1 aromatic heterocycles. The predicted octanol–water partition coefficient (Wildman–Crippen LogP) is 3.48. The summed E-state index contributed by atoms with van der Waals surface area (Å²) in [4.78, 5) is 2.00. The first-order valence-corrected chi connectivity index (χ1v) is 6.36. The number of thiophene rings is 1. The summed E-state index contributed by atoms with van der Waals surface area (Å²) in [7, 11) is 0. The molecule has 0 radical (unpaired) electrons. The van der Waals surface area contributed by atoms with Gasteiger partial charge in [-0.3, -0.25) is 0 Å². The van der Waals surface area contributed by atoms with E-state index in [0.29, 0.717) is 4.83 Å². The highest BCUT2D eigenvalue weighted by Crippen LogP contribution is 2.17. The maximum absolute atomic E-state index is 5.30. The van der Waals surface area contributed by atoms with Gasteiger partial charge in [0.2, 0.25) is 0 Å². The SMILES string of the molecule is CCOCCC(Br)Cc1cccs1. The molecule has 0 aliphatic rings. The molecule has 1 unspecified atom stereocenters. The Morgan fingerprint density at radius 1 is 1.62 bits per heavy atom. The average Bonchev–Trinajstić information content (AvgIpc) is 2.57. The van der Waals surface area contributed by atoms with E-state index in [-0.39, 0.29) is 0 Å². The third-order valence-electron chi connectivity index (χ3n) is 1.78. The molecule has 74 valence electrons. The molecule has 0 spiro atoms. The molecule has 0 aliphatic carbocycles. The molecule has 0 saturated heterocycles. The van der Waals surface area contributed by atoms with Crippen molar-refractivity contribution in [3.63, 3.8) is 0 Å². The molecular formula is C10H15BrOS. The molecule has 0 aromatic carbocycles. The predicted molar refractivity (Wildman–Crippen MR) is 61.8 cm³/mol. The van der Waals surface area contributed by atoms with Gasteiger partial charge in [-0.1, -0.05) is 22.0 Å². The molecule has 1 atom stereocenters. The fourth-order valence-corrected chi connectivity index (χ4v) is 2.64. The molecule has 13 heavy (non-hydrogen) atoms. The van der Waals surface area contributed by atoms with Crippen LogP contribution in [-0.4, -0.2) is 18.0 Å². The molecule has 1 heterocycles. The molecule has 1 aromatic rings. The number of hydrogen-bond acceptors (Lipinski definition) is 2. The Morgan fingerprint density at radius 3 is 3.08 bits per heavy atom. The summed E-state index contributed by atoms with van der Waals surface area (Å²) in [5.74, 6) is 0. The number of hydrogen-bond donors (Lipinski definition) is 0. The topological polar surface area (TPSA) is 9.23 Å². The van der Waals surface area contributed by atoms with Gasteiger partial charge in [0.05, 0.1) is 0 Å². The van der Waals surface area contributed by atoms with Crippen molar-refractivity contribution in [2.24, 2.45) is 0 Å². The van der Waals surface area contributed by atoms with Crippen LogP contribution >= 0.6 is 27.3 Å². The first kappa shape index (κ1) is 11.2. The van der Waals surface area contributed by atoms with E-state index >= 15 is 0 Å². The van der Waals surface area contributed by atoms with Crippen molar-refractivity contribution >= 4 is 27.3 Å². The Kier molecular flexibility index (Phi) is 5.67. The van der Waals surface area contributed by atoms with Gasteiger partial charge >= 0.3 is 0 Å². The quantitative estimate of drug-likeness (QED) is 0.564. The smallest absolute Gasteiger partial charge is 0.0476 e. The van der Waals surface area contributed by atoms with Gasteiger partial charge in [-0.15, -0.1) is 11.3 Å². The zero-order chi connectivity index (χ0) is 9.52. The largest absolute Gasteiger partial charge is 0.382 e. The van der Waals surface area contributed by atoms with Crippen LogP contribution in [0.4, 0.5) is 0 Å². The average molecular weight is 263 g/mol. The molecule has 1 nitrogen and oxygen atoms in total. The highest BCUT2D eigenvalue weighted by molar-refractivity contribution is 9.09. The van der Waals surface area contributed by atoms with Crippen molar-refractivity contribution < 1.29 is 4.74 Å². The lowest BCUT2D eigenvalue weighted by Crippen LogP contribution is -2.06. The Morgan fingerprint density at radius 2 is 2.46 bits per heavy atom. The molecule has 1 rings (SSSR count). The highest BCUT2D eigenvalue weighted by atomic mass is 79.9. The lowest BCUT2D eigenvalue weighted by atomic mass is 10.2. The molecule has 0 amide bonds. The van der Waals surface area contributed by atoms with E-state index in [2.05, 4.69) is 33.4 Å². The number of halogens is 1. The van der Waals surface area contributed by atoms with Crippen LogP contribution in [0.3, 0.4) is 0 Å².